The first kappa shape index (κ1) is 14.2. The molecule has 1 fully saturated rings. The molecule has 0 bridgehead atoms. The molecule has 0 radical (unpaired) electrons. The van der Waals surface area contributed by atoms with Crippen molar-refractivity contribution in [1.29, 1.82) is 0 Å². The molecule has 1 aliphatic rings. The maximum Gasteiger partial charge on any atom is 0.123 e. The highest BCUT2D eigenvalue weighted by molar-refractivity contribution is 9.11. The zero-order valence-electron chi connectivity index (χ0n) is 11.5. The smallest absolute Gasteiger partial charge is 0.123 e. The largest absolute Gasteiger partial charge is 0.464 e. The molecule has 1 aliphatic carbocycles. The molecule has 20 heavy (non-hydrogen) atoms. The Morgan fingerprint density at radius 1 is 1.25 bits per heavy atom. The van der Waals surface area contributed by atoms with E-state index in [1.807, 2.05) is 0 Å². The number of aryl methyl sites for hydroxylation is 1. The molecule has 1 saturated carbocycles. The summed E-state index contributed by atoms with van der Waals surface area (Å²) in [6.45, 7) is 5.04. The van der Waals surface area contributed by atoms with Crippen LogP contribution >= 0.6 is 31.9 Å². The topological polar surface area (TPSA) is 25.2 Å². The summed E-state index contributed by atoms with van der Waals surface area (Å²) >= 11 is 7.19. The van der Waals surface area contributed by atoms with Crippen LogP contribution in [-0.4, -0.2) is 0 Å². The van der Waals surface area contributed by atoms with Gasteiger partial charge in [-0.3, -0.25) is 0 Å². The Bertz CT molecular complexity index is 612. The Labute approximate surface area is 136 Å². The Morgan fingerprint density at radius 3 is 2.50 bits per heavy atom. The third-order valence-corrected chi connectivity index (χ3v) is 5.03. The van der Waals surface area contributed by atoms with Gasteiger partial charge >= 0.3 is 0 Å². The summed E-state index contributed by atoms with van der Waals surface area (Å²) in [6.07, 6.45) is 1.26. The van der Waals surface area contributed by atoms with Crippen molar-refractivity contribution in [2.75, 3.05) is 5.32 Å². The molecule has 4 heteroatoms. The van der Waals surface area contributed by atoms with Crippen LogP contribution in [0, 0.1) is 12.8 Å². The second-order valence-electron chi connectivity index (χ2n) is 5.58. The van der Waals surface area contributed by atoms with Crippen LogP contribution in [0.4, 0.5) is 5.69 Å². The van der Waals surface area contributed by atoms with E-state index in [0.29, 0.717) is 12.5 Å². The lowest BCUT2D eigenvalue weighted by Crippen LogP contribution is -2.00. The predicted molar refractivity (Wildman–Crippen MR) is 89.1 cm³/mol. The fourth-order valence-corrected chi connectivity index (χ4v) is 4.15. The molecular weight excluding hydrogens is 382 g/mol. The van der Waals surface area contributed by atoms with Gasteiger partial charge in [-0.1, -0.05) is 6.92 Å². The fraction of sp³-hybridized carbons (Fsp3) is 0.375. The van der Waals surface area contributed by atoms with E-state index in [-0.39, 0.29) is 0 Å². The molecule has 106 valence electrons. The molecule has 0 saturated heterocycles. The summed E-state index contributed by atoms with van der Waals surface area (Å²) in [5.41, 5.74) is 2.28. The van der Waals surface area contributed by atoms with Crippen molar-refractivity contribution in [3.05, 3.63) is 50.3 Å². The third kappa shape index (κ3) is 2.96. The van der Waals surface area contributed by atoms with Gasteiger partial charge in [-0.05, 0) is 81.0 Å². The number of hydrogen-bond donors (Lipinski definition) is 1. The highest BCUT2D eigenvalue weighted by Gasteiger charge is 2.36. The molecule has 1 heterocycles. The standard InChI is InChI=1S/C16H17Br2NO/c1-9-5-13(17)16(14(18)6-9)19-8-11-3-4-15(20-11)12-7-10(12)2/h3-6,10,12,19H,7-8H2,1-2H3. The van der Waals surface area contributed by atoms with Gasteiger partial charge in [0.05, 0.1) is 12.2 Å². The van der Waals surface area contributed by atoms with Crippen LogP contribution in [0.15, 0.2) is 37.6 Å². The maximum atomic E-state index is 5.91. The number of nitrogens with one attached hydrogen (secondary N) is 1. The summed E-state index contributed by atoms with van der Waals surface area (Å²) < 4.78 is 8.03. The zero-order chi connectivity index (χ0) is 14.3. The Kier molecular flexibility index (Phi) is 3.95. The van der Waals surface area contributed by atoms with E-state index in [9.17, 15) is 0 Å². The summed E-state index contributed by atoms with van der Waals surface area (Å²) in [5, 5.41) is 3.42. The SMILES string of the molecule is Cc1cc(Br)c(NCc2ccc(C3CC3C)o2)c(Br)c1. The summed E-state index contributed by atoms with van der Waals surface area (Å²) in [4.78, 5) is 0. The van der Waals surface area contributed by atoms with Gasteiger partial charge < -0.3 is 9.73 Å². The fourth-order valence-electron chi connectivity index (χ4n) is 2.45. The molecule has 0 amide bonds. The monoisotopic (exact) mass is 397 g/mol. The van der Waals surface area contributed by atoms with Crippen LogP contribution < -0.4 is 5.32 Å². The van der Waals surface area contributed by atoms with Gasteiger partial charge in [0.15, 0.2) is 0 Å². The number of rotatable bonds is 4. The molecule has 0 aliphatic heterocycles. The van der Waals surface area contributed by atoms with Crippen LogP contribution in [0.3, 0.4) is 0 Å². The minimum absolute atomic E-state index is 0.640. The second-order valence-corrected chi connectivity index (χ2v) is 7.29. The van der Waals surface area contributed by atoms with E-state index in [1.165, 1.54) is 12.0 Å². The first-order valence-corrected chi connectivity index (χ1v) is 8.41. The van der Waals surface area contributed by atoms with E-state index in [1.54, 1.807) is 0 Å². The van der Waals surface area contributed by atoms with E-state index in [4.69, 9.17) is 4.42 Å². The zero-order valence-corrected chi connectivity index (χ0v) is 14.7. The van der Waals surface area contributed by atoms with Gasteiger partial charge in [0.2, 0.25) is 0 Å². The van der Waals surface area contributed by atoms with Gasteiger partial charge in [-0.2, -0.15) is 0 Å². The quantitative estimate of drug-likeness (QED) is 0.698. The molecule has 3 rings (SSSR count). The summed E-state index contributed by atoms with van der Waals surface area (Å²) in [6, 6.07) is 8.40. The molecule has 2 aromatic rings. The van der Waals surface area contributed by atoms with E-state index in [0.717, 1.165) is 32.1 Å². The summed E-state index contributed by atoms with van der Waals surface area (Å²) in [5.74, 6) is 3.54. The van der Waals surface area contributed by atoms with Crippen LogP contribution in [0.5, 0.6) is 0 Å². The number of benzene rings is 1. The van der Waals surface area contributed by atoms with Gasteiger partial charge in [0, 0.05) is 14.9 Å². The molecular formula is C16H17Br2NO. The lowest BCUT2D eigenvalue weighted by Gasteiger charge is -2.10. The van der Waals surface area contributed by atoms with Crippen molar-refractivity contribution < 1.29 is 4.42 Å². The number of halogens is 2. The van der Waals surface area contributed by atoms with Crippen LogP contribution in [0.25, 0.3) is 0 Å². The van der Waals surface area contributed by atoms with E-state index >= 15 is 0 Å². The minimum Gasteiger partial charge on any atom is -0.464 e. The first-order valence-electron chi connectivity index (χ1n) is 6.82. The second kappa shape index (κ2) is 5.57. The van der Waals surface area contributed by atoms with Crippen molar-refractivity contribution in [3.8, 4) is 0 Å². The lowest BCUT2D eigenvalue weighted by molar-refractivity contribution is 0.468. The minimum atomic E-state index is 0.640. The van der Waals surface area contributed by atoms with Crippen molar-refractivity contribution >= 4 is 37.5 Å². The maximum absolute atomic E-state index is 5.91. The van der Waals surface area contributed by atoms with Crippen molar-refractivity contribution in [2.45, 2.75) is 32.7 Å². The molecule has 1 aromatic carbocycles. The third-order valence-electron chi connectivity index (χ3n) is 3.78. The average molecular weight is 399 g/mol. The molecule has 2 nitrogen and oxygen atoms in total. The Balaban J connectivity index is 1.69. The first-order chi connectivity index (χ1) is 9.54. The van der Waals surface area contributed by atoms with Gasteiger partial charge in [0.25, 0.3) is 0 Å². The lowest BCUT2D eigenvalue weighted by atomic mass is 10.2. The molecule has 2 atom stereocenters. The highest BCUT2D eigenvalue weighted by Crippen LogP contribution is 2.47. The molecule has 1 N–H and O–H groups in total. The average Bonchev–Trinajstić information content (AvgIpc) is 2.92. The van der Waals surface area contributed by atoms with Crippen molar-refractivity contribution in [1.82, 2.24) is 0 Å². The normalized spacial score (nSPS) is 21.0. The highest BCUT2D eigenvalue weighted by atomic mass is 79.9. The van der Waals surface area contributed by atoms with Crippen molar-refractivity contribution in [3.63, 3.8) is 0 Å². The van der Waals surface area contributed by atoms with Gasteiger partial charge in [-0.25, -0.2) is 0 Å². The van der Waals surface area contributed by atoms with Crippen molar-refractivity contribution in [2.24, 2.45) is 5.92 Å². The van der Waals surface area contributed by atoms with Crippen LogP contribution in [-0.2, 0) is 6.54 Å². The predicted octanol–water partition coefficient (Wildman–Crippen LogP) is 5.85. The number of anilines is 1. The number of furan rings is 1. The molecule has 0 spiro atoms. The van der Waals surface area contributed by atoms with Gasteiger partial charge in [-0.15, -0.1) is 0 Å². The molecule has 1 aromatic heterocycles. The van der Waals surface area contributed by atoms with Crippen LogP contribution in [0.1, 0.15) is 36.3 Å². The Morgan fingerprint density at radius 2 is 1.90 bits per heavy atom. The summed E-state index contributed by atoms with van der Waals surface area (Å²) in [7, 11) is 0. The molecule has 2 unspecified atom stereocenters. The van der Waals surface area contributed by atoms with E-state index < -0.39 is 0 Å². The number of hydrogen-bond acceptors (Lipinski definition) is 2. The Hall–Kier alpha value is -0.740. The van der Waals surface area contributed by atoms with E-state index in [2.05, 4.69) is 75.3 Å². The van der Waals surface area contributed by atoms with Gasteiger partial charge in [0.1, 0.15) is 11.5 Å². The van der Waals surface area contributed by atoms with Crippen LogP contribution in [0.2, 0.25) is 0 Å².